The standard InChI is InChI=1S/C22H28F4N6O2/c1-34-11-17(31-9-15-14(22(15,25)26)8-28-20(31)33)13-6-18-30-16(10-32(18)29-7-13)19(27)12-2-4-21(23,24)5-3-12/h6-7,10,12,14-15,17,19H,2-5,8-9,11,27H2,1H3,(H,28,33)/t14?,15?,17-,19+/m1/s1. The van der Waals surface area contributed by atoms with Gasteiger partial charge in [-0.1, -0.05) is 0 Å². The first-order valence-corrected chi connectivity index (χ1v) is 11.5. The lowest BCUT2D eigenvalue weighted by molar-refractivity contribution is -0.0484. The number of nitrogens with one attached hydrogen (secondary N) is 1. The van der Waals surface area contributed by atoms with E-state index in [1.54, 1.807) is 18.5 Å². The second-order valence-electron chi connectivity index (χ2n) is 9.67. The monoisotopic (exact) mass is 484 g/mol. The van der Waals surface area contributed by atoms with Gasteiger partial charge >= 0.3 is 6.03 Å². The third kappa shape index (κ3) is 4.10. The Bertz CT molecular complexity index is 1070. The normalized spacial score (nSPS) is 28.2. The number of imidazole rings is 1. The zero-order valence-electron chi connectivity index (χ0n) is 18.8. The smallest absolute Gasteiger partial charge is 0.318 e. The molecule has 186 valence electrons. The SMILES string of the molecule is COC[C@H](c1cnn2cc([C@@H](N)C3CCC(F)(F)CC3)nc2c1)N1CC2C(CNC1=O)C2(F)F. The molecule has 3 N–H and O–H groups in total. The van der Waals surface area contributed by atoms with Crippen molar-refractivity contribution in [2.24, 2.45) is 23.5 Å². The highest BCUT2D eigenvalue weighted by Crippen LogP contribution is 2.56. The summed E-state index contributed by atoms with van der Waals surface area (Å²) in [6.07, 6.45) is 3.52. The van der Waals surface area contributed by atoms with E-state index >= 15 is 0 Å². The molecule has 0 spiro atoms. The van der Waals surface area contributed by atoms with Gasteiger partial charge < -0.3 is 20.7 Å². The zero-order chi connectivity index (χ0) is 24.3. The number of urea groups is 1. The van der Waals surface area contributed by atoms with Gasteiger partial charge in [-0.15, -0.1) is 0 Å². The summed E-state index contributed by atoms with van der Waals surface area (Å²) in [7, 11) is 1.48. The van der Waals surface area contributed by atoms with Crippen LogP contribution in [0.2, 0.25) is 0 Å². The molecule has 0 bridgehead atoms. The number of alkyl halides is 4. The van der Waals surface area contributed by atoms with Crippen LogP contribution in [0.4, 0.5) is 22.4 Å². The summed E-state index contributed by atoms with van der Waals surface area (Å²) in [5, 5.41) is 6.96. The molecular formula is C22H28F4N6O2. The van der Waals surface area contributed by atoms with Gasteiger partial charge in [0.15, 0.2) is 5.65 Å². The number of nitrogens with zero attached hydrogens (tertiary/aromatic N) is 4. The Labute approximate surface area is 193 Å². The molecule has 0 radical (unpaired) electrons. The summed E-state index contributed by atoms with van der Waals surface area (Å²) in [5.74, 6) is -7.25. The van der Waals surface area contributed by atoms with Crippen molar-refractivity contribution in [3.8, 4) is 0 Å². The van der Waals surface area contributed by atoms with Gasteiger partial charge in [0.25, 0.3) is 5.92 Å². The van der Waals surface area contributed by atoms with Crippen molar-refractivity contribution in [3.05, 3.63) is 29.7 Å². The summed E-state index contributed by atoms with van der Waals surface area (Å²) in [6.45, 7) is -0.0459. The number of carbonyl (C=O) groups is 1. The van der Waals surface area contributed by atoms with Crippen LogP contribution in [-0.4, -0.2) is 64.2 Å². The molecule has 3 fully saturated rings. The van der Waals surface area contributed by atoms with Gasteiger partial charge in [-0.3, -0.25) is 0 Å². The van der Waals surface area contributed by atoms with E-state index < -0.39 is 41.8 Å². The van der Waals surface area contributed by atoms with Crippen LogP contribution >= 0.6 is 0 Å². The second kappa shape index (κ2) is 8.33. The van der Waals surface area contributed by atoms with Gasteiger partial charge in [-0.2, -0.15) is 5.10 Å². The first-order chi connectivity index (χ1) is 16.1. The van der Waals surface area contributed by atoms with Crippen molar-refractivity contribution in [2.45, 2.75) is 49.6 Å². The quantitative estimate of drug-likeness (QED) is 0.614. The molecule has 5 rings (SSSR count). The molecule has 1 saturated heterocycles. The van der Waals surface area contributed by atoms with Crippen molar-refractivity contribution >= 4 is 11.7 Å². The van der Waals surface area contributed by atoms with E-state index in [4.69, 9.17) is 10.5 Å². The molecule has 2 aliphatic carbocycles. The lowest BCUT2D eigenvalue weighted by atomic mass is 9.81. The van der Waals surface area contributed by atoms with Crippen LogP contribution in [-0.2, 0) is 4.74 Å². The Morgan fingerprint density at radius 1 is 1.26 bits per heavy atom. The van der Waals surface area contributed by atoms with Gasteiger partial charge in [-0.05, 0) is 24.8 Å². The molecule has 2 aromatic rings. The van der Waals surface area contributed by atoms with Gasteiger partial charge in [-0.25, -0.2) is 31.9 Å². The van der Waals surface area contributed by atoms with Gasteiger partial charge in [0.05, 0.1) is 48.6 Å². The molecule has 2 saturated carbocycles. The highest BCUT2D eigenvalue weighted by atomic mass is 19.3. The van der Waals surface area contributed by atoms with Gasteiger partial charge in [0.2, 0.25) is 5.92 Å². The molecule has 2 unspecified atom stereocenters. The van der Waals surface area contributed by atoms with Crippen LogP contribution in [0.25, 0.3) is 5.65 Å². The summed E-state index contributed by atoms with van der Waals surface area (Å²) in [6, 6.07) is 0.168. The fourth-order valence-corrected chi connectivity index (χ4v) is 5.29. The molecule has 4 atom stereocenters. The maximum Gasteiger partial charge on any atom is 0.318 e. The number of nitrogens with two attached hydrogens (primary N) is 1. The Morgan fingerprint density at radius 3 is 2.71 bits per heavy atom. The van der Waals surface area contributed by atoms with Crippen LogP contribution in [0.15, 0.2) is 18.5 Å². The molecule has 2 aromatic heterocycles. The van der Waals surface area contributed by atoms with E-state index in [-0.39, 0.29) is 38.5 Å². The van der Waals surface area contributed by atoms with Crippen molar-refractivity contribution in [1.82, 2.24) is 24.8 Å². The van der Waals surface area contributed by atoms with Gasteiger partial charge in [0.1, 0.15) is 0 Å². The largest absolute Gasteiger partial charge is 0.382 e. The predicted molar refractivity (Wildman–Crippen MR) is 113 cm³/mol. The third-order valence-electron chi connectivity index (χ3n) is 7.55. The van der Waals surface area contributed by atoms with Crippen LogP contribution in [0.1, 0.15) is 49.0 Å². The van der Waals surface area contributed by atoms with Crippen LogP contribution in [0.5, 0.6) is 0 Å². The molecule has 2 amide bonds. The first-order valence-electron chi connectivity index (χ1n) is 11.5. The molecule has 1 aliphatic heterocycles. The van der Waals surface area contributed by atoms with Crippen molar-refractivity contribution < 1.29 is 27.1 Å². The number of hydrogen-bond acceptors (Lipinski definition) is 5. The Hall–Kier alpha value is -2.47. The Morgan fingerprint density at radius 2 is 2.00 bits per heavy atom. The van der Waals surface area contributed by atoms with Crippen LogP contribution in [0.3, 0.4) is 0 Å². The maximum absolute atomic E-state index is 14.0. The lowest BCUT2D eigenvalue weighted by Gasteiger charge is -2.31. The Balaban J connectivity index is 1.38. The number of fused-ring (bicyclic) bond motifs is 2. The topological polar surface area (TPSA) is 97.8 Å². The number of carbonyl (C=O) groups excluding carboxylic acids is 1. The van der Waals surface area contributed by atoms with Crippen LogP contribution < -0.4 is 11.1 Å². The minimum atomic E-state index is -2.79. The number of aromatic nitrogens is 3. The fourth-order valence-electron chi connectivity index (χ4n) is 5.29. The van der Waals surface area contributed by atoms with Crippen molar-refractivity contribution in [3.63, 3.8) is 0 Å². The highest BCUT2D eigenvalue weighted by molar-refractivity contribution is 5.75. The number of hydrogen-bond donors (Lipinski definition) is 2. The maximum atomic E-state index is 14.0. The second-order valence-corrected chi connectivity index (χ2v) is 9.67. The minimum Gasteiger partial charge on any atom is -0.382 e. The first kappa shape index (κ1) is 23.3. The lowest BCUT2D eigenvalue weighted by Crippen LogP contribution is -2.44. The van der Waals surface area contributed by atoms with E-state index in [0.717, 1.165) is 0 Å². The minimum absolute atomic E-state index is 0.0570. The highest BCUT2D eigenvalue weighted by Gasteiger charge is 2.69. The van der Waals surface area contributed by atoms with Crippen LogP contribution in [0, 0.1) is 17.8 Å². The molecule has 0 aromatic carbocycles. The van der Waals surface area contributed by atoms with Crippen molar-refractivity contribution in [1.29, 1.82) is 0 Å². The number of halogens is 4. The molecule has 34 heavy (non-hydrogen) atoms. The van der Waals surface area contributed by atoms with E-state index in [0.29, 0.717) is 29.7 Å². The van der Waals surface area contributed by atoms with Crippen molar-refractivity contribution in [2.75, 3.05) is 26.8 Å². The molecular weight excluding hydrogens is 456 g/mol. The van der Waals surface area contributed by atoms with E-state index in [1.807, 2.05) is 0 Å². The zero-order valence-corrected chi connectivity index (χ0v) is 18.8. The Kier molecular flexibility index (Phi) is 5.70. The summed E-state index contributed by atoms with van der Waals surface area (Å²) in [4.78, 5) is 18.6. The molecule has 3 heterocycles. The number of methoxy groups -OCH3 is 1. The summed E-state index contributed by atoms with van der Waals surface area (Å²) in [5.41, 5.74) is 7.98. The number of amides is 2. The molecule has 12 heteroatoms. The third-order valence-corrected chi connectivity index (χ3v) is 7.55. The summed E-state index contributed by atoms with van der Waals surface area (Å²) < 4.78 is 61.9. The average Bonchev–Trinajstić information content (AvgIpc) is 3.13. The van der Waals surface area contributed by atoms with E-state index in [2.05, 4.69) is 15.4 Å². The molecule has 3 aliphatic rings. The average molecular weight is 484 g/mol. The van der Waals surface area contributed by atoms with E-state index in [1.165, 1.54) is 16.5 Å². The summed E-state index contributed by atoms with van der Waals surface area (Å²) >= 11 is 0. The van der Waals surface area contributed by atoms with E-state index in [9.17, 15) is 22.4 Å². The molecule has 8 nitrogen and oxygen atoms in total. The number of ether oxygens (including phenoxy) is 1. The van der Waals surface area contributed by atoms with Gasteiger partial charge in [0, 0.05) is 38.6 Å². The number of rotatable bonds is 6. The fraction of sp³-hybridized carbons (Fsp3) is 0.682. The predicted octanol–water partition coefficient (Wildman–Crippen LogP) is 3.15.